The van der Waals surface area contributed by atoms with E-state index in [1.54, 1.807) is 32.0 Å². The lowest BCUT2D eigenvalue weighted by atomic mass is 9.76. The number of carbonyl (C=O) groups is 3. The van der Waals surface area contributed by atoms with Crippen LogP contribution in [-0.2, 0) is 23.9 Å². The minimum atomic E-state index is -2.30. The largest absolute Gasteiger partial charge is 0.464 e. The lowest BCUT2D eigenvalue weighted by Crippen LogP contribution is -2.61. The maximum atomic E-state index is 13.0. The highest BCUT2D eigenvalue weighted by atomic mass is 35.5. The van der Waals surface area contributed by atoms with Gasteiger partial charge in [-0.05, 0) is 31.5 Å². The van der Waals surface area contributed by atoms with Crippen molar-refractivity contribution in [2.75, 3.05) is 13.2 Å². The molecule has 1 heterocycles. The maximum absolute atomic E-state index is 13.0. The van der Waals surface area contributed by atoms with E-state index in [1.165, 1.54) is 6.07 Å². The van der Waals surface area contributed by atoms with Crippen LogP contribution in [0.5, 0.6) is 0 Å². The van der Waals surface area contributed by atoms with Crippen molar-refractivity contribution in [2.24, 2.45) is 5.73 Å². The van der Waals surface area contributed by atoms with E-state index in [1.807, 2.05) is 6.07 Å². The Labute approximate surface area is 161 Å². The smallest absolute Gasteiger partial charge is 0.345 e. The van der Waals surface area contributed by atoms with Crippen molar-refractivity contribution in [2.45, 2.75) is 25.3 Å². The zero-order valence-corrected chi connectivity index (χ0v) is 15.5. The summed E-state index contributed by atoms with van der Waals surface area (Å²) in [5.41, 5.74) is 3.87. The van der Waals surface area contributed by atoms with Crippen molar-refractivity contribution in [3.8, 4) is 6.07 Å². The van der Waals surface area contributed by atoms with Crippen molar-refractivity contribution in [3.05, 3.63) is 46.2 Å². The molecule has 0 saturated carbocycles. The SMILES string of the molecule is CCOC(=O)C1(C(=O)OCC)[C@H](c2cccc(Cl)c2)C(C#N)=C(N)N1C=O. The molecule has 0 bridgehead atoms. The van der Waals surface area contributed by atoms with E-state index in [0.717, 1.165) is 0 Å². The summed E-state index contributed by atoms with van der Waals surface area (Å²) in [6.45, 7) is 2.98. The minimum Gasteiger partial charge on any atom is -0.464 e. The van der Waals surface area contributed by atoms with E-state index in [0.29, 0.717) is 15.5 Å². The van der Waals surface area contributed by atoms with Gasteiger partial charge in [-0.15, -0.1) is 0 Å². The molecule has 2 N–H and O–H groups in total. The molecule has 0 aromatic heterocycles. The van der Waals surface area contributed by atoms with Gasteiger partial charge >= 0.3 is 11.9 Å². The molecule has 9 heteroatoms. The van der Waals surface area contributed by atoms with Crippen LogP contribution < -0.4 is 5.73 Å². The van der Waals surface area contributed by atoms with E-state index >= 15 is 0 Å². The molecular weight excluding hydrogens is 374 g/mol. The predicted molar refractivity (Wildman–Crippen MR) is 94.9 cm³/mol. The highest BCUT2D eigenvalue weighted by molar-refractivity contribution is 6.30. The first kappa shape index (κ1) is 20.3. The lowest BCUT2D eigenvalue weighted by Gasteiger charge is -2.36. The number of carbonyl (C=O) groups excluding carboxylic acids is 3. The molecule has 27 heavy (non-hydrogen) atoms. The Morgan fingerprint density at radius 3 is 2.37 bits per heavy atom. The van der Waals surface area contributed by atoms with E-state index < -0.39 is 23.4 Å². The molecule has 1 aromatic rings. The van der Waals surface area contributed by atoms with Gasteiger partial charge in [0.2, 0.25) is 6.41 Å². The van der Waals surface area contributed by atoms with Crippen LogP contribution in [-0.4, -0.2) is 42.0 Å². The zero-order valence-electron chi connectivity index (χ0n) is 14.8. The highest BCUT2D eigenvalue weighted by Gasteiger charge is 2.66. The average molecular weight is 392 g/mol. The summed E-state index contributed by atoms with van der Waals surface area (Å²) in [6.07, 6.45) is 0.213. The van der Waals surface area contributed by atoms with Gasteiger partial charge in [0.25, 0.3) is 5.54 Å². The van der Waals surface area contributed by atoms with Crippen LogP contribution >= 0.6 is 11.6 Å². The number of esters is 2. The summed E-state index contributed by atoms with van der Waals surface area (Å²) in [6, 6.07) is 8.13. The molecule has 1 aromatic carbocycles. The van der Waals surface area contributed by atoms with Gasteiger partial charge in [-0.3, -0.25) is 9.69 Å². The van der Waals surface area contributed by atoms with E-state index in [4.69, 9.17) is 26.8 Å². The maximum Gasteiger partial charge on any atom is 0.345 e. The summed E-state index contributed by atoms with van der Waals surface area (Å²) in [5, 5.41) is 9.95. The van der Waals surface area contributed by atoms with Crippen molar-refractivity contribution < 1.29 is 23.9 Å². The molecule has 0 saturated heterocycles. The quantitative estimate of drug-likeness (QED) is 0.442. The number of amides is 1. The third-order valence-corrected chi connectivity index (χ3v) is 4.44. The predicted octanol–water partition coefficient (Wildman–Crippen LogP) is 1.45. The normalized spacial score (nSPS) is 18.0. The summed E-state index contributed by atoms with van der Waals surface area (Å²) in [7, 11) is 0. The molecule has 1 atom stereocenters. The number of rotatable bonds is 6. The Morgan fingerprint density at radius 1 is 1.33 bits per heavy atom. The number of hydrogen-bond donors (Lipinski definition) is 1. The molecule has 0 aliphatic carbocycles. The summed E-state index contributed by atoms with van der Waals surface area (Å²) >= 11 is 6.05. The van der Waals surface area contributed by atoms with E-state index in [2.05, 4.69) is 0 Å². The third-order valence-electron chi connectivity index (χ3n) is 4.20. The Bertz CT molecular complexity index is 828. The van der Waals surface area contributed by atoms with Crippen LogP contribution in [0.25, 0.3) is 0 Å². The molecule has 0 unspecified atom stereocenters. The Morgan fingerprint density at radius 2 is 1.93 bits per heavy atom. The minimum absolute atomic E-state index is 0.0588. The van der Waals surface area contributed by atoms with Gasteiger partial charge in [0.1, 0.15) is 5.82 Å². The Hall–Kier alpha value is -3.05. The standard InChI is InChI=1S/C18H18ClN3O5/c1-3-26-16(24)18(17(25)27-4-2)14(11-6-5-7-12(19)8-11)13(9-20)15(21)22(18)10-23/h5-8,10,14H,3-4,21H2,1-2H3/t14-/m1/s1. The number of halogens is 1. The fourth-order valence-electron chi connectivity index (χ4n) is 3.17. The molecule has 142 valence electrons. The first-order valence-corrected chi connectivity index (χ1v) is 8.52. The first-order valence-electron chi connectivity index (χ1n) is 8.14. The van der Waals surface area contributed by atoms with Gasteiger partial charge < -0.3 is 15.2 Å². The van der Waals surface area contributed by atoms with Crippen molar-refractivity contribution in [1.29, 1.82) is 5.26 Å². The molecule has 1 aliphatic rings. The molecule has 0 spiro atoms. The molecular formula is C18H18ClN3O5. The second kappa shape index (κ2) is 8.10. The molecule has 0 fully saturated rings. The number of nitrogens with two attached hydrogens (primary N) is 1. The molecule has 8 nitrogen and oxygen atoms in total. The molecule has 2 rings (SSSR count). The molecule has 1 aliphatic heterocycles. The number of nitrogens with zero attached hydrogens (tertiary/aromatic N) is 2. The van der Waals surface area contributed by atoms with Gasteiger partial charge in [-0.2, -0.15) is 5.26 Å². The number of ether oxygens (including phenoxy) is 2. The van der Waals surface area contributed by atoms with Crippen molar-refractivity contribution >= 4 is 29.9 Å². The fraction of sp³-hybridized carbons (Fsp3) is 0.333. The van der Waals surface area contributed by atoms with E-state index in [-0.39, 0.29) is 31.0 Å². The van der Waals surface area contributed by atoms with Crippen molar-refractivity contribution in [1.82, 2.24) is 4.90 Å². The van der Waals surface area contributed by atoms with Crippen LogP contribution in [0, 0.1) is 11.3 Å². The van der Waals surface area contributed by atoms with Crippen LogP contribution in [0.15, 0.2) is 35.7 Å². The van der Waals surface area contributed by atoms with Crippen LogP contribution in [0.4, 0.5) is 0 Å². The van der Waals surface area contributed by atoms with Gasteiger partial charge in [0, 0.05) is 5.02 Å². The van der Waals surface area contributed by atoms with Crippen molar-refractivity contribution in [3.63, 3.8) is 0 Å². The fourth-order valence-corrected chi connectivity index (χ4v) is 3.37. The second-order valence-electron chi connectivity index (χ2n) is 5.58. The Balaban J connectivity index is 2.86. The molecule has 1 amide bonds. The highest BCUT2D eigenvalue weighted by Crippen LogP contribution is 2.48. The van der Waals surface area contributed by atoms with Crippen LogP contribution in [0.2, 0.25) is 5.02 Å². The lowest BCUT2D eigenvalue weighted by molar-refractivity contribution is -0.174. The number of benzene rings is 1. The zero-order chi connectivity index (χ0) is 20.2. The summed E-state index contributed by atoms with van der Waals surface area (Å²) in [5.74, 6) is -3.65. The van der Waals surface area contributed by atoms with Gasteiger partial charge in [0.15, 0.2) is 0 Å². The number of nitriles is 1. The monoisotopic (exact) mass is 391 g/mol. The molecule has 0 radical (unpaired) electrons. The average Bonchev–Trinajstić information content (AvgIpc) is 2.90. The van der Waals surface area contributed by atoms with Gasteiger partial charge in [-0.25, -0.2) is 9.59 Å². The summed E-state index contributed by atoms with van der Waals surface area (Å²) < 4.78 is 10.2. The van der Waals surface area contributed by atoms with Gasteiger partial charge in [-0.1, -0.05) is 23.7 Å². The van der Waals surface area contributed by atoms with Crippen LogP contribution in [0.3, 0.4) is 0 Å². The van der Waals surface area contributed by atoms with Gasteiger partial charge in [0.05, 0.1) is 30.8 Å². The Kier molecular flexibility index (Phi) is 6.08. The third kappa shape index (κ3) is 3.11. The summed E-state index contributed by atoms with van der Waals surface area (Å²) in [4.78, 5) is 38.5. The topological polar surface area (TPSA) is 123 Å². The number of hydrogen-bond acceptors (Lipinski definition) is 7. The van der Waals surface area contributed by atoms with Crippen LogP contribution in [0.1, 0.15) is 25.3 Å². The first-order chi connectivity index (χ1) is 12.9. The second-order valence-corrected chi connectivity index (χ2v) is 6.02. The van der Waals surface area contributed by atoms with E-state index in [9.17, 15) is 19.6 Å².